The van der Waals surface area contributed by atoms with Crippen LogP contribution in [0.1, 0.15) is 46.6 Å². The molecule has 118 valence electrons. The van der Waals surface area contributed by atoms with Gasteiger partial charge in [-0.3, -0.25) is 4.79 Å². The van der Waals surface area contributed by atoms with Gasteiger partial charge in [0.2, 0.25) is 0 Å². The van der Waals surface area contributed by atoms with Crippen molar-refractivity contribution in [1.29, 1.82) is 0 Å². The van der Waals surface area contributed by atoms with Crippen LogP contribution in [0, 0.1) is 0 Å². The number of hydrogen-bond donors (Lipinski definition) is 2. The number of thiophene rings is 1. The molecule has 22 heavy (non-hydrogen) atoms. The predicted molar refractivity (Wildman–Crippen MR) is 84.6 cm³/mol. The number of aliphatic hydroxyl groups is 1. The molecule has 1 aliphatic heterocycles. The zero-order valence-corrected chi connectivity index (χ0v) is 13.1. The minimum absolute atomic E-state index is 0.0519. The van der Waals surface area contributed by atoms with E-state index in [1.807, 2.05) is 22.4 Å². The number of nitrogens with two attached hydrogens (primary N) is 1. The first-order valence-electron chi connectivity index (χ1n) is 7.50. The predicted octanol–water partition coefficient (Wildman–Crippen LogP) is 2.53. The van der Waals surface area contributed by atoms with Crippen molar-refractivity contribution >= 4 is 17.2 Å². The maximum absolute atomic E-state index is 12.6. The van der Waals surface area contributed by atoms with Crippen molar-refractivity contribution in [2.45, 2.75) is 38.0 Å². The summed E-state index contributed by atoms with van der Waals surface area (Å²) in [4.78, 5) is 15.3. The number of aliphatic hydroxyl groups excluding tert-OH is 1. The fraction of sp³-hybridized carbons (Fsp3) is 0.438. The van der Waals surface area contributed by atoms with Crippen molar-refractivity contribution in [1.82, 2.24) is 4.90 Å². The standard InChI is InChI=1S/C16H20N2O3S/c17-10-12-5-6-14(21-12)16(20)18-7-1-3-11(18)9-13(19)15-4-2-8-22-15/h2,4-6,8,11,13,19H,1,3,7,9-10,17H2. The van der Waals surface area contributed by atoms with E-state index in [1.165, 1.54) is 0 Å². The van der Waals surface area contributed by atoms with E-state index in [9.17, 15) is 9.90 Å². The molecule has 0 bridgehead atoms. The number of carbonyl (C=O) groups excluding carboxylic acids is 1. The van der Waals surface area contributed by atoms with E-state index in [1.54, 1.807) is 23.5 Å². The Hall–Kier alpha value is -1.63. The van der Waals surface area contributed by atoms with Gasteiger partial charge in [-0.05, 0) is 42.8 Å². The molecule has 2 aromatic heterocycles. The summed E-state index contributed by atoms with van der Waals surface area (Å²) < 4.78 is 5.46. The van der Waals surface area contributed by atoms with E-state index in [-0.39, 0.29) is 18.5 Å². The van der Waals surface area contributed by atoms with Crippen LogP contribution in [0.3, 0.4) is 0 Å². The molecular weight excluding hydrogens is 300 g/mol. The maximum atomic E-state index is 12.6. The summed E-state index contributed by atoms with van der Waals surface area (Å²) in [7, 11) is 0. The van der Waals surface area contributed by atoms with E-state index >= 15 is 0 Å². The lowest BCUT2D eigenvalue weighted by Crippen LogP contribution is -2.36. The lowest BCUT2D eigenvalue weighted by Gasteiger charge is -2.25. The molecule has 2 aromatic rings. The van der Waals surface area contributed by atoms with Crippen LogP contribution in [0.15, 0.2) is 34.1 Å². The van der Waals surface area contributed by atoms with E-state index in [0.29, 0.717) is 24.5 Å². The third-order valence-electron chi connectivity index (χ3n) is 4.08. The van der Waals surface area contributed by atoms with Gasteiger partial charge in [0, 0.05) is 17.5 Å². The second kappa shape index (κ2) is 6.64. The molecule has 1 fully saturated rings. The number of furan rings is 1. The van der Waals surface area contributed by atoms with Gasteiger partial charge in [0.1, 0.15) is 5.76 Å². The number of nitrogens with zero attached hydrogens (tertiary/aromatic N) is 1. The number of likely N-dealkylation sites (tertiary alicyclic amines) is 1. The van der Waals surface area contributed by atoms with Gasteiger partial charge in [0.15, 0.2) is 5.76 Å². The lowest BCUT2D eigenvalue weighted by atomic mass is 10.1. The summed E-state index contributed by atoms with van der Waals surface area (Å²) in [5.74, 6) is 0.830. The second-order valence-electron chi connectivity index (χ2n) is 5.53. The molecule has 0 aromatic carbocycles. The molecule has 0 spiro atoms. The zero-order valence-electron chi connectivity index (χ0n) is 12.3. The van der Waals surface area contributed by atoms with E-state index in [2.05, 4.69) is 0 Å². The third-order valence-corrected chi connectivity index (χ3v) is 5.05. The summed E-state index contributed by atoms with van der Waals surface area (Å²) in [6, 6.07) is 7.32. The van der Waals surface area contributed by atoms with Gasteiger partial charge in [0.05, 0.1) is 12.6 Å². The van der Waals surface area contributed by atoms with E-state index in [0.717, 1.165) is 17.7 Å². The SMILES string of the molecule is NCc1ccc(C(=O)N2CCCC2CC(O)c2cccs2)o1. The van der Waals surface area contributed by atoms with E-state index in [4.69, 9.17) is 10.2 Å². The average molecular weight is 320 g/mol. The van der Waals surface area contributed by atoms with Gasteiger partial charge in [-0.15, -0.1) is 11.3 Å². The van der Waals surface area contributed by atoms with Gasteiger partial charge < -0.3 is 20.2 Å². The molecule has 1 saturated heterocycles. The Morgan fingerprint density at radius 1 is 1.50 bits per heavy atom. The molecule has 0 aliphatic carbocycles. The monoisotopic (exact) mass is 320 g/mol. The molecule has 2 atom stereocenters. The Labute approximate surface area is 133 Å². The molecule has 0 saturated carbocycles. The Kier molecular flexibility index (Phi) is 4.61. The quantitative estimate of drug-likeness (QED) is 0.887. The number of rotatable bonds is 5. The fourth-order valence-electron chi connectivity index (χ4n) is 2.95. The van der Waals surface area contributed by atoms with Gasteiger partial charge in [-0.1, -0.05) is 6.07 Å². The lowest BCUT2D eigenvalue weighted by molar-refractivity contribution is 0.0638. The Balaban J connectivity index is 1.68. The van der Waals surface area contributed by atoms with Crippen LogP contribution < -0.4 is 5.73 Å². The fourth-order valence-corrected chi connectivity index (χ4v) is 3.67. The van der Waals surface area contributed by atoms with Crippen molar-refractivity contribution in [3.05, 3.63) is 46.0 Å². The van der Waals surface area contributed by atoms with Gasteiger partial charge in [-0.25, -0.2) is 0 Å². The van der Waals surface area contributed by atoms with Crippen LogP contribution >= 0.6 is 11.3 Å². The first kappa shape index (κ1) is 15.3. The number of amides is 1. The average Bonchev–Trinajstić information content (AvgIpc) is 3.26. The van der Waals surface area contributed by atoms with Crippen molar-refractivity contribution in [3.8, 4) is 0 Å². The summed E-state index contributed by atoms with van der Waals surface area (Å²) >= 11 is 1.54. The summed E-state index contributed by atoms with van der Waals surface area (Å²) in [6.07, 6.45) is 1.92. The molecule has 1 amide bonds. The molecule has 3 heterocycles. The topological polar surface area (TPSA) is 79.7 Å². The highest BCUT2D eigenvalue weighted by molar-refractivity contribution is 7.10. The largest absolute Gasteiger partial charge is 0.455 e. The van der Waals surface area contributed by atoms with Crippen molar-refractivity contribution in [2.24, 2.45) is 5.73 Å². The van der Waals surface area contributed by atoms with Crippen LogP contribution in [0.25, 0.3) is 0 Å². The maximum Gasteiger partial charge on any atom is 0.289 e. The van der Waals surface area contributed by atoms with Crippen LogP contribution in [0.2, 0.25) is 0 Å². The third kappa shape index (κ3) is 3.09. The first-order valence-corrected chi connectivity index (χ1v) is 8.38. The van der Waals surface area contributed by atoms with Crippen LogP contribution in [-0.2, 0) is 6.54 Å². The van der Waals surface area contributed by atoms with Gasteiger partial charge >= 0.3 is 0 Å². The molecule has 2 unspecified atom stereocenters. The molecule has 3 N–H and O–H groups in total. The molecule has 6 heteroatoms. The Bertz CT molecular complexity index is 623. The minimum atomic E-state index is -0.519. The van der Waals surface area contributed by atoms with Crippen LogP contribution in [-0.4, -0.2) is 28.5 Å². The van der Waals surface area contributed by atoms with Crippen LogP contribution in [0.4, 0.5) is 0 Å². The van der Waals surface area contributed by atoms with Gasteiger partial charge in [-0.2, -0.15) is 0 Å². The molecule has 3 rings (SSSR count). The number of carbonyl (C=O) groups is 1. The molecule has 1 aliphatic rings. The zero-order chi connectivity index (χ0) is 15.5. The summed E-state index contributed by atoms with van der Waals surface area (Å²) in [5.41, 5.74) is 5.51. The summed E-state index contributed by atoms with van der Waals surface area (Å²) in [5, 5.41) is 12.3. The van der Waals surface area contributed by atoms with E-state index < -0.39 is 6.10 Å². The smallest absolute Gasteiger partial charge is 0.289 e. The van der Waals surface area contributed by atoms with Crippen LogP contribution in [0.5, 0.6) is 0 Å². The van der Waals surface area contributed by atoms with Crippen molar-refractivity contribution in [3.63, 3.8) is 0 Å². The Morgan fingerprint density at radius 3 is 3.05 bits per heavy atom. The first-order chi connectivity index (χ1) is 10.7. The highest BCUT2D eigenvalue weighted by Gasteiger charge is 2.32. The minimum Gasteiger partial charge on any atom is -0.455 e. The Morgan fingerprint density at radius 2 is 2.36 bits per heavy atom. The van der Waals surface area contributed by atoms with Gasteiger partial charge in [0.25, 0.3) is 5.91 Å². The number of hydrogen-bond acceptors (Lipinski definition) is 5. The van der Waals surface area contributed by atoms with Crippen molar-refractivity contribution < 1.29 is 14.3 Å². The molecular formula is C16H20N2O3S. The highest BCUT2D eigenvalue weighted by atomic mass is 32.1. The molecule has 5 nitrogen and oxygen atoms in total. The normalized spacial score (nSPS) is 19.5. The summed E-state index contributed by atoms with van der Waals surface area (Å²) in [6.45, 7) is 0.993. The van der Waals surface area contributed by atoms with Crippen molar-refractivity contribution in [2.75, 3.05) is 6.54 Å². The highest BCUT2D eigenvalue weighted by Crippen LogP contribution is 2.30. The second-order valence-corrected chi connectivity index (χ2v) is 6.51. The molecule has 0 radical (unpaired) electrons.